The van der Waals surface area contributed by atoms with E-state index in [9.17, 15) is 9.59 Å². The number of benzene rings is 1. The Kier molecular flexibility index (Phi) is 4.10. The fraction of sp³-hybridized carbons (Fsp3) is 0.133. The average Bonchev–Trinajstić information content (AvgIpc) is 2.44. The number of amides is 2. The molecular weight excluding hydrogens is 254 g/mol. The molecule has 5 nitrogen and oxygen atoms in total. The molecule has 0 aliphatic heterocycles. The molecule has 0 radical (unpaired) electrons. The molecule has 0 aliphatic rings. The number of nitrogens with one attached hydrogen (secondary N) is 2. The van der Waals surface area contributed by atoms with Crippen LogP contribution in [0.25, 0.3) is 0 Å². The van der Waals surface area contributed by atoms with Gasteiger partial charge in [0, 0.05) is 11.8 Å². The summed E-state index contributed by atoms with van der Waals surface area (Å²) >= 11 is 0. The molecule has 2 aromatic rings. The van der Waals surface area contributed by atoms with Gasteiger partial charge in [0.05, 0.1) is 0 Å². The molecule has 0 aliphatic carbocycles. The predicted molar refractivity (Wildman–Crippen MR) is 75.1 cm³/mol. The molecule has 0 bridgehead atoms. The van der Waals surface area contributed by atoms with Crippen LogP contribution in [0.4, 0.5) is 0 Å². The number of hydrazine groups is 1. The van der Waals surface area contributed by atoms with Crippen molar-refractivity contribution in [3.8, 4) is 0 Å². The lowest BCUT2D eigenvalue weighted by atomic mass is 10.1. The lowest BCUT2D eigenvalue weighted by Crippen LogP contribution is -2.41. The van der Waals surface area contributed by atoms with Crippen LogP contribution >= 0.6 is 0 Å². The number of hydrogen-bond acceptors (Lipinski definition) is 3. The molecule has 20 heavy (non-hydrogen) atoms. The predicted octanol–water partition coefficient (Wildman–Crippen LogP) is 1.77. The SMILES string of the molecule is Cc1cc(C)cc(C(=O)NNC(=O)c2ccccn2)c1. The number of aromatic nitrogens is 1. The Morgan fingerprint density at radius 2 is 1.60 bits per heavy atom. The zero-order valence-electron chi connectivity index (χ0n) is 11.3. The van der Waals surface area contributed by atoms with Crippen LogP contribution in [0.5, 0.6) is 0 Å². The summed E-state index contributed by atoms with van der Waals surface area (Å²) in [7, 11) is 0. The van der Waals surface area contributed by atoms with Gasteiger partial charge in [-0.3, -0.25) is 25.4 Å². The lowest BCUT2D eigenvalue weighted by molar-refractivity contribution is 0.0844. The Hall–Kier alpha value is -2.69. The molecule has 2 rings (SSSR count). The van der Waals surface area contributed by atoms with Gasteiger partial charge in [-0.1, -0.05) is 23.3 Å². The first-order chi connectivity index (χ1) is 9.56. The van der Waals surface area contributed by atoms with Gasteiger partial charge < -0.3 is 0 Å². The molecule has 1 aromatic heterocycles. The highest BCUT2D eigenvalue weighted by Gasteiger charge is 2.10. The molecule has 102 valence electrons. The van der Waals surface area contributed by atoms with E-state index in [1.165, 1.54) is 6.20 Å². The van der Waals surface area contributed by atoms with Gasteiger partial charge in [-0.05, 0) is 38.1 Å². The maximum Gasteiger partial charge on any atom is 0.288 e. The van der Waals surface area contributed by atoms with Crippen LogP contribution < -0.4 is 10.9 Å². The minimum absolute atomic E-state index is 0.244. The topological polar surface area (TPSA) is 71.1 Å². The van der Waals surface area contributed by atoms with E-state index in [2.05, 4.69) is 15.8 Å². The van der Waals surface area contributed by atoms with Crippen LogP contribution in [-0.2, 0) is 0 Å². The van der Waals surface area contributed by atoms with E-state index < -0.39 is 5.91 Å². The van der Waals surface area contributed by atoms with Crippen LogP contribution in [0.3, 0.4) is 0 Å². The maximum absolute atomic E-state index is 11.9. The number of hydrogen-bond donors (Lipinski definition) is 2. The van der Waals surface area contributed by atoms with E-state index in [1.807, 2.05) is 19.9 Å². The van der Waals surface area contributed by atoms with Crippen LogP contribution in [0, 0.1) is 13.8 Å². The quantitative estimate of drug-likeness (QED) is 0.816. The monoisotopic (exact) mass is 269 g/mol. The van der Waals surface area contributed by atoms with Crippen molar-refractivity contribution in [1.29, 1.82) is 0 Å². The second-order valence-corrected chi connectivity index (χ2v) is 4.50. The van der Waals surface area contributed by atoms with Crippen molar-refractivity contribution in [1.82, 2.24) is 15.8 Å². The van der Waals surface area contributed by atoms with Crippen molar-refractivity contribution in [3.63, 3.8) is 0 Å². The van der Waals surface area contributed by atoms with E-state index in [1.54, 1.807) is 30.3 Å². The number of pyridine rings is 1. The van der Waals surface area contributed by atoms with Crippen LogP contribution in [0.15, 0.2) is 42.6 Å². The third-order valence-electron chi connectivity index (χ3n) is 2.67. The summed E-state index contributed by atoms with van der Waals surface area (Å²) in [6, 6.07) is 10.5. The molecule has 2 amide bonds. The number of rotatable bonds is 2. The van der Waals surface area contributed by atoms with Crippen molar-refractivity contribution in [3.05, 3.63) is 65.0 Å². The summed E-state index contributed by atoms with van der Waals surface area (Å²) in [6.45, 7) is 3.83. The number of aryl methyl sites for hydroxylation is 2. The Morgan fingerprint density at radius 3 is 2.20 bits per heavy atom. The first-order valence-electron chi connectivity index (χ1n) is 6.16. The number of carbonyl (C=O) groups is 2. The molecule has 0 spiro atoms. The van der Waals surface area contributed by atoms with Crippen LogP contribution in [-0.4, -0.2) is 16.8 Å². The van der Waals surface area contributed by atoms with Crippen molar-refractivity contribution < 1.29 is 9.59 Å². The summed E-state index contributed by atoms with van der Waals surface area (Å²) in [5, 5.41) is 0. The fourth-order valence-electron chi connectivity index (χ4n) is 1.85. The highest BCUT2D eigenvalue weighted by Crippen LogP contribution is 2.08. The molecule has 0 fully saturated rings. The van der Waals surface area contributed by atoms with E-state index in [-0.39, 0.29) is 11.6 Å². The highest BCUT2D eigenvalue weighted by molar-refractivity contribution is 5.98. The normalized spacial score (nSPS) is 9.90. The highest BCUT2D eigenvalue weighted by atomic mass is 16.2. The van der Waals surface area contributed by atoms with Crippen molar-refractivity contribution in [2.45, 2.75) is 13.8 Å². The van der Waals surface area contributed by atoms with E-state index in [0.29, 0.717) is 5.56 Å². The third-order valence-corrected chi connectivity index (χ3v) is 2.67. The van der Waals surface area contributed by atoms with E-state index >= 15 is 0 Å². The molecule has 2 N–H and O–H groups in total. The first kappa shape index (κ1) is 13.7. The van der Waals surface area contributed by atoms with Gasteiger partial charge in [0.25, 0.3) is 11.8 Å². The second kappa shape index (κ2) is 5.97. The van der Waals surface area contributed by atoms with Crippen molar-refractivity contribution in [2.24, 2.45) is 0 Å². The smallest absolute Gasteiger partial charge is 0.267 e. The number of carbonyl (C=O) groups excluding carboxylic acids is 2. The summed E-state index contributed by atoms with van der Waals surface area (Å²) in [5.41, 5.74) is 7.44. The first-order valence-corrected chi connectivity index (χ1v) is 6.16. The minimum atomic E-state index is -0.455. The average molecular weight is 269 g/mol. The molecule has 0 saturated carbocycles. The fourth-order valence-corrected chi connectivity index (χ4v) is 1.85. The van der Waals surface area contributed by atoms with Gasteiger partial charge in [0.1, 0.15) is 5.69 Å². The Labute approximate surface area is 117 Å². The van der Waals surface area contributed by atoms with Gasteiger partial charge >= 0.3 is 0 Å². The van der Waals surface area contributed by atoms with Crippen molar-refractivity contribution >= 4 is 11.8 Å². The molecule has 1 aromatic carbocycles. The van der Waals surface area contributed by atoms with Gasteiger partial charge in [0.15, 0.2) is 0 Å². The zero-order valence-corrected chi connectivity index (χ0v) is 11.3. The summed E-state index contributed by atoms with van der Waals surface area (Å²) in [4.78, 5) is 27.6. The van der Waals surface area contributed by atoms with Crippen molar-refractivity contribution in [2.75, 3.05) is 0 Å². The zero-order chi connectivity index (χ0) is 14.5. The standard InChI is InChI=1S/C15H15N3O2/c1-10-7-11(2)9-12(8-10)14(19)17-18-15(20)13-5-3-4-6-16-13/h3-9H,1-2H3,(H,17,19)(H,18,20). The third kappa shape index (κ3) is 3.41. The summed E-state index contributed by atoms with van der Waals surface area (Å²) < 4.78 is 0. The van der Waals surface area contributed by atoms with E-state index in [4.69, 9.17) is 0 Å². The largest absolute Gasteiger partial charge is 0.288 e. The molecule has 0 saturated heterocycles. The Balaban J connectivity index is 2.00. The Bertz CT molecular complexity index is 619. The Morgan fingerprint density at radius 1 is 0.950 bits per heavy atom. The van der Waals surface area contributed by atoms with Gasteiger partial charge in [0.2, 0.25) is 0 Å². The molecular formula is C15H15N3O2. The summed E-state index contributed by atoms with van der Waals surface area (Å²) in [6.07, 6.45) is 1.51. The number of nitrogens with zero attached hydrogens (tertiary/aromatic N) is 1. The van der Waals surface area contributed by atoms with Gasteiger partial charge in [-0.2, -0.15) is 0 Å². The maximum atomic E-state index is 11.9. The molecule has 5 heteroatoms. The molecule has 0 atom stereocenters. The molecule has 1 heterocycles. The summed E-state index contributed by atoms with van der Waals surface area (Å²) in [5.74, 6) is -0.815. The minimum Gasteiger partial charge on any atom is -0.267 e. The van der Waals surface area contributed by atoms with Gasteiger partial charge in [-0.15, -0.1) is 0 Å². The second-order valence-electron chi connectivity index (χ2n) is 4.50. The van der Waals surface area contributed by atoms with E-state index in [0.717, 1.165) is 11.1 Å². The van der Waals surface area contributed by atoms with Gasteiger partial charge in [-0.25, -0.2) is 0 Å². The van der Waals surface area contributed by atoms with Crippen LogP contribution in [0.2, 0.25) is 0 Å². The van der Waals surface area contributed by atoms with Crippen LogP contribution in [0.1, 0.15) is 32.0 Å². The molecule has 0 unspecified atom stereocenters. The lowest BCUT2D eigenvalue weighted by Gasteiger charge is -2.08.